The molecule has 4 aromatic rings. The fourth-order valence-corrected chi connectivity index (χ4v) is 11.0. The van der Waals surface area contributed by atoms with E-state index in [9.17, 15) is 28.8 Å². The third kappa shape index (κ3) is 11.9. The molecule has 4 aromatic carbocycles. The number of rotatable bonds is 16. The first-order chi connectivity index (χ1) is 34.2. The summed E-state index contributed by atoms with van der Waals surface area (Å²) in [5.41, 5.74) is 19.7. The molecule has 0 bridgehead atoms. The predicted molar refractivity (Wildman–Crippen MR) is 284 cm³/mol. The number of nitrogens with zero attached hydrogens (tertiary/aromatic N) is 2. The number of benzene rings is 4. The predicted octanol–water partition coefficient (Wildman–Crippen LogP) is 11.2. The van der Waals surface area contributed by atoms with E-state index in [1.54, 1.807) is 36.4 Å². The van der Waals surface area contributed by atoms with Gasteiger partial charge in [-0.2, -0.15) is 0 Å². The number of imide groups is 2. The molecule has 0 spiro atoms. The molecular formula is C59H76N6O6. The first-order valence-corrected chi connectivity index (χ1v) is 26.5. The van der Waals surface area contributed by atoms with Crippen LogP contribution in [0.2, 0.25) is 0 Å². The van der Waals surface area contributed by atoms with Crippen LogP contribution in [-0.4, -0.2) is 47.5 Å². The number of nitrogens with one attached hydrogen (secondary N) is 2. The van der Waals surface area contributed by atoms with Crippen LogP contribution < -0.4 is 31.9 Å². The van der Waals surface area contributed by atoms with Crippen LogP contribution in [0.25, 0.3) is 22.3 Å². The molecule has 0 saturated heterocycles. The monoisotopic (exact) mass is 965 g/mol. The quantitative estimate of drug-likeness (QED) is 0.0799. The summed E-state index contributed by atoms with van der Waals surface area (Å²) in [6.45, 7) is 12.0. The molecule has 2 saturated carbocycles. The molecule has 2 unspecified atom stereocenters. The topological polar surface area (TPSA) is 185 Å². The Kier molecular flexibility index (Phi) is 17.6. The van der Waals surface area contributed by atoms with Crippen molar-refractivity contribution in [1.82, 2.24) is 10.6 Å². The summed E-state index contributed by atoms with van der Waals surface area (Å²) in [6, 6.07) is 24.5. The highest BCUT2D eigenvalue weighted by Gasteiger charge is 2.42. The summed E-state index contributed by atoms with van der Waals surface area (Å²) in [4.78, 5) is 84.5. The number of nitrogen functional groups attached to an aromatic ring is 2. The molecule has 2 aliphatic carbocycles. The van der Waals surface area contributed by atoms with Gasteiger partial charge in [0.25, 0.3) is 11.8 Å². The van der Waals surface area contributed by atoms with E-state index in [1.165, 1.54) is 16.2 Å². The molecule has 71 heavy (non-hydrogen) atoms. The molecule has 6 N–H and O–H groups in total. The van der Waals surface area contributed by atoms with Gasteiger partial charge in [-0.1, -0.05) is 133 Å². The minimum absolute atomic E-state index is 0.0948. The smallest absolute Gasteiger partial charge is 0.256 e. The highest BCUT2D eigenvalue weighted by atomic mass is 16.2. The number of hydrogen-bond donors (Lipinski definition) is 4. The average molecular weight is 965 g/mol. The zero-order chi connectivity index (χ0) is 50.9. The van der Waals surface area contributed by atoms with Gasteiger partial charge in [-0.15, -0.1) is 0 Å². The lowest BCUT2D eigenvalue weighted by atomic mass is 9.86. The molecule has 2 fully saturated rings. The number of amides is 6. The number of carbonyl (C=O) groups is 6. The van der Waals surface area contributed by atoms with Crippen LogP contribution in [0.4, 0.5) is 22.7 Å². The van der Waals surface area contributed by atoms with Crippen LogP contribution in [0.15, 0.2) is 84.9 Å². The van der Waals surface area contributed by atoms with Gasteiger partial charge in [-0.25, -0.2) is 9.80 Å². The van der Waals surface area contributed by atoms with Crippen molar-refractivity contribution in [1.29, 1.82) is 0 Å². The fraction of sp³-hybridized carbons (Fsp3) is 0.492. The summed E-state index contributed by atoms with van der Waals surface area (Å²) >= 11 is 0. The number of hydrogen-bond acceptors (Lipinski definition) is 8. The Balaban J connectivity index is 0.000000209. The van der Waals surface area contributed by atoms with Gasteiger partial charge in [-0.3, -0.25) is 28.8 Å². The minimum Gasteiger partial charge on any atom is -0.398 e. The Bertz CT molecular complexity index is 2570. The number of nitrogens with two attached hydrogens (primary N) is 2. The van der Waals surface area contributed by atoms with Gasteiger partial charge in [0, 0.05) is 35.3 Å². The summed E-state index contributed by atoms with van der Waals surface area (Å²) in [5.74, 6) is -1.29. The molecule has 6 amide bonds. The van der Waals surface area contributed by atoms with E-state index >= 15 is 0 Å². The van der Waals surface area contributed by atoms with Gasteiger partial charge < -0.3 is 22.1 Å². The van der Waals surface area contributed by atoms with Gasteiger partial charge in [0.05, 0.1) is 23.2 Å². The average Bonchev–Trinajstić information content (AvgIpc) is 4.22. The van der Waals surface area contributed by atoms with Crippen molar-refractivity contribution in [3.05, 3.63) is 96.1 Å². The molecule has 378 valence electrons. The van der Waals surface area contributed by atoms with Crippen molar-refractivity contribution >= 4 is 58.2 Å². The van der Waals surface area contributed by atoms with Crippen molar-refractivity contribution in [3.8, 4) is 22.3 Å². The van der Waals surface area contributed by atoms with Crippen LogP contribution in [0, 0.1) is 23.7 Å². The Labute approximate surface area is 421 Å². The summed E-state index contributed by atoms with van der Waals surface area (Å²) < 4.78 is 0. The second-order valence-corrected chi connectivity index (χ2v) is 20.6. The third-order valence-corrected chi connectivity index (χ3v) is 15.7. The van der Waals surface area contributed by atoms with E-state index < -0.39 is 23.9 Å². The van der Waals surface area contributed by atoms with Crippen LogP contribution >= 0.6 is 0 Å². The first kappa shape index (κ1) is 52.5. The molecule has 0 aromatic heterocycles. The van der Waals surface area contributed by atoms with Crippen molar-refractivity contribution in [2.45, 2.75) is 162 Å². The second kappa shape index (κ2) is 23.7. The lowest BCUT2D eigenvalue weighted by Gasteiger charge is -2.30. The summed E-state index contributed by atoms with van der Waals surface area (Å²) in [5, 5.41) is 6.06. The standard InChI is InChI=1S/C31H41N3O3.C28H35N3O3/c1-4-21(5-2)18-26(33-28(35)19-22-12-7-6-8-13-22)31(37)34-27-17-11-16-25(32)29(27)24-15-10-9-14-23(24)20(3)30(34)36;1-4-18(5-2)15-23(30-25(32)16-19-13-14-19)28(34)31-24-12-8-11-22(29)26(24)21-10-7-6-9-20(21)17(3)27(31)33/h9-11,14-17,20-22,26H,4-8,12-13,18-19,32H2,1-3H3,(H,33,35);6-12,17-19,23H,4-5,13-16,29H2,1-3H3,(H,30,32)/t20?,26-;17?,23-/m00/s1. The molecule has 8 rings (SSSR count). The Hall–Kier alpha value is -6.30. The molecule has 12 nitrogen and oxygen atoms in total. The molecule has 4 aliphatic rings. The first-order valence-electron chi connectivity index (χ1n) is 26.5. The maximum atomic E-state index is 14.3. The zero-order valence-corrected chi connectivity index (χ0v) is 42.8. The van der Waals surface area contributed by atoms with Crippen LogP contribution in [-0.2, 0) is 28.8 Å². The maximum absolute atomic E-state index is 14.3. The van der Waals surface area contributed by atoms with Crippen molar-refractivity contribution in [3.63, 3.8) is 0 Å². The van der Waals surface area contributed by atoms with Crippen molar-refractivity contribution < 1.29 is 28.8 Å². The lowest BCUT2D eigenvalue weighted by molar-refractivity contribution is -0.132. The van der Waals surface area contributed by atoms with Gasteiger partial charge in [0.15, 0.2) is 0 Å². The van der Waals surface area contributed by atoms with E-state index in [4.69, 9.17) is 11.5 Å². The minimum atomic E-state index is -0.771. The van der Waals surface area contributed by atoms with Crippen LogP contribution in [0.5, 0.6) is 0 Å². The van der Waals surface area contributed by atoms with Gasteiger partial charge in [0.2, 0.25) is 23.6 Å². The highest BCUT2D eigenvalue weighted by molar-refractivity contribution is 6.24. The van der Waals surface area contributed by atoms with Crippen molar-refractivity contribution in [2.75, 3.05) is 21.3 Å². The van der Waals surface area contributed by atoms with Crippen molar-refractivity contribution in [2.24, 2.45) is 23.7 Å². The van der Waals surface area contributed by atoms with E-state index in [2.05, 4.69) is 38.3 Å². The largest absolute Gasteiger partial charge is 0.398 e. The fourth-order valence-electron chi connectivity index (χ4n) is 11.0. The second-order valence-electron chi connectivity index (χ2n) is 20.6. The number of anilines is 4. The van der Waals surface area contributed by atoms with Gasteiger partial charge >= 0.3 is 0 Å². The normalized spacial score (nSPS) is 18.4. The molecule has 12 heteroatoms. The van der Waals surface area contributed by atoms with E-state index in [1.807, 2.05) is 62.4 Å². The Morgan fingerprint density at radius 3 is 1.30 bits per heavy atom. The van der Waals surface area contributed by atoms with E-state index in [0.29, 0.717) is 71.4 Å². The Morgan fingerprint density at radius 2 is 0.915 bits per heavy atom. The lowest BCUT2D eigenvalue weighted by Crippen LogP contribution is -2.52. The highest BCUT2D eigenvalue weighted by Crippen LogP contribution is 2.46. The van der Waals surface area contributed by atoms with E-state index in [-0.39, 0.29) is 47.3 Å². The summed E-state index contributed by atoms with van der Waals surface area (Å²) in [7, 11) is 0. The van der Waals surface area contributed by atoms with Gasteiger partial charge in [0.1, 0.15) is 12.1 Å². The maximum Gasteiger partial charge on any atom is 0.256 e. The summed E-state index contributed by atoms with van der Waals surface area (Å²) in [6.07, 6.45) is 13.3. The zero-order valence-electron chi connectivity index (χ0n) is 42.8. The third-order valence-electron chi connectivity index (χ3n) is 15.7. The molecule has 4 atom stereocenters. The van der Waals surface area contributed by atoms with Gasteiger partial charge in [-0.05, 0) is 123 Å². The van der Waals surface area contributed by atoms with Crippen LogP contribution in [0.3, 0.4) is 0 Å². The molecular weight excluding hydrogens is 889 g/mol. The molecule has 2 aliphatic heterocycles. The number of fused-ring (bicyclic) bond motifs is 6. The SMILES string of the molecule is CCC(CC)C[C@H](NC(=O)CC1CC1)C(=O)N1C(=O)C(C)c2ccccc2-c2c(N)cccc21.CCC(CC)C[C@H](NC(=O)CC1CCCCC1)C(=O)N1C(=O)C(C)c2ccccc2-c2c(N)cccc21. The van der Waals surface area contributed by atoms with E-state index in [0.717, 1.165) is 86.5 Å². The van der Waals surface area contributed by atoms with Crippen LogP contribution in [0.1, 0.15) is 161 Å². The molecule has 0 radical (unpaired) electrons. The molecule has 2 heterocycles. The number of carbonyl (C=O) groups excluding carboxylic acids is 6. The Morgan fingerprint density at radius 1 is 0.535 bits per heavy atom.